The summed E-state index contributed by atoms with van der Waals surface area (Å²) < 4.78 is 5.37. The van der Waals surface area contributed by atoms with Crippen LogP contribution in [0.15, 0.2) is 29.8 Å². The fourth-order valence-electron chi connectivity index (χ4n) is 3.93. The number of aromatic amines is 1. The van der Waals surface area contributed by atoms with E-state index in [1.165, 1.54) is 22.2 Å². The third kappa shape index (κ3) is 4.72. The third-order valence-corrected chi connectivity index (χ3v) is 5.64. The molecule has 1 aromatic carbocycles. The van der Waals surface area contributed by atoms with Crippen molar-refractivity contribution in [3.63, 3.8) is 0 Å². The van der Waals surface area contributed by atoms with Gasteiger partial charge in [0.2, 0.25) is 0 Å². The van der Waals surface area contributed by atoms with Crippen LogP contribution in [0.25, 0.3) is 10.9 Å². The summed E-state index contributed by atoms with van der Waals surface area (Å²) in [5.74, 6) is 0.895. The van der Waals surface area contributed by atoms with Gasteiger partial charge in [-0.15, -0.1) is 0 Å². The number of aliphatic hydroxyl groups excluding tert-OH is 1. The molecule has 27 heavy (non-hydrogen) atoms. The lowest BCUT2D eigenvalue weighted by Gasteiger charge is -2.41. The first-order valence-electron chi connectivity index (χ1n) is 9.87. The second-order valence-electron chi connectivity index (χ2n) is 7.82. The summed E-state index contributed by atoms with van der Waals surface area (Å²) >= 11 is 0. The van der Waals surface area contributed by atoms with Crippen molar-refractivity contribution >= 4 is 10.9 Å². The number of hydrogen-bond donors (Lipinski definition) is 2. The summed E-state index contributed by atoms with van der Waals surface area (Å²) in [4.78, 5) is 8.60. The first-order chi connectivity index (χ1) is 13.0. The average Bonchev–Trinajstić information content (AvgIpc) is 2.96. The van der Waals surface area contributed by atoms with E-state index in [9.17, 15) is 5.11 Å². The van der Waals surface area contributed by atoms with Gasteiger partial charge in [-0.2, -0.15) is 0 Å². The van der Waals surface area contributed by atoms with Gasteiger partial charge in [0.25, 0.3) is 0 Å². The van der Waals surface area contributed by atoms with Gasteiger partial charge in [0.1, 0.15) is 5.75 Å². The van der Waals surface area contributed by atoms with Crippen molar-refractivity contribution in [3.8, 4) is 5.75 Å². The van der Waals surface area contributed by atoms with E-state index in [2.05, 4.69) is 53.8 Å². The zero-order valence-corrected chi connectivity index (χ0v) is 17.1. The summed E-state index contributed by atoms with van der Waals surface area (Å²) in [6.07, 6.45) is 3.12. The molecule has 0 saturated carbocycles. The zero-order valence-electron chi connectivity index (χ0n) is 17.1. The topological polar surface area (TPSA) is 51.7 Å². The van der Waals surface area contributed by atoms with Crippen LogP contribution in [-0.2, 0) is 6.54 Å². The standard InChI is InChI=1S/C22H33N3O2/c1-16(2)7-9-25-11-10-24(14-18(25)8-12-26)15-22-17(3)20-13-19(27-4)5-6-21(20)23-22/h5-7,13,18,23,26H,8-12,14-15H2,1-4H3/t18-/m0/s1. The van der Waals surface area contributed by atoms with E-state index in [0.717, 1.165) is 50.4 Å². The van der Waals surface area contributed by atoms with Gasteiger partial charge >= 0.3 is 0 Å². The zero-order chi connectivity index (χ0) is 19.4. The van der Waals surface area contributed by atoms with E-state index in [-0.39, 0.29) is 6.61 Å². The Morgan fingerprint density at radius 1 is 1.33 bits per heavy atom. The van der Waals surface area contributed by atoms with Gasteiger partial charge in [-0.25, -0.2) is 0 Å². The van der Waals surface area contributed by atoms with Crippen LogP contribution >= 0.6 is 0 Å². The van der Waals surface area contributed by atoms with Crippen molar-refractivity contribution in [2.45, 2.75) is 39.8 Å². The molecule has 1 aliphatic heterocycles. The number of ether oxygens (including phenoxy) is 1. The molecule has 1 atom stereocenters. The highest BCUT2D eigenvalue weighted by molar-refractivity contribution is 5.85. The second-order valence-corrected chi connectivity index (χ2v) is 7.82. The first-order valence-corrected chi connectivity index (χ1v) is 9.87. The molecule has 2 heterocycles. The summed E-state index contributed by atoms with van der Waals surface area (Å²) in [6.45, 7) is 11.7. The van der Waals surface area contributed by atoms with Crippen LogP contribution in [0.2, 0.25) is 0 Å². The van der Waals surface area contributed by atoms with Crippen LogP contribution < -0.4 is 4.74 Å². The summed E-state index contributed by atoms with van der Waals surface area (Å²) in [5, 5.41) is 10.7. The normalized spacial score (nSPS) is 18.8. The third-order valence-electron chi connectivity index (χ3n) is 5.64. The summed E-state index contributed by atoms with van der Waals surface area (Å²) in [5.41, 5.74) is 5.09. The largest absolute Gasteiger partial charge is 0.497 e. The van der Waals surface area contributed by atoms with Crippen molar-refractivity contribution < 1.29 is 9.84 Å². The highest BCUT2D eigenvalue weighted by Crippen LogP contribution is 2.27. The van der Waals surface area contributed by atoms with Crippen molar-refractivity contribution in [3.05, 3.63) is 41.1 Å². The quantitative estimate of drug-likeness (QED) is 0.733. The molecule has 0 amide bonds. The highest BCUT2D eigenvalue weighted by Gasteiger charge is 2.26. The van der Waals surface area contributed by atoms with Crippen molar-refractivity contribution in [1.29, 1.82) is 0 Å². The molecule has 0 unspecified atom stereocenters. The van der Waals surface area contributed by atoms with Crippen molar-refractivity contribution in [2.24, 2.45) is 0 Å². The van der Waals surface area contributed by atoms with Crippen molar-refractivity contribution in [2.75, 3.05) is 39.9 Å². The molecule has 0 bridgehead atoms. The fourth-order valence-corrected chi connectivity index (χ4v) is 3.93. The van der Waals surface area contributed by atoms with Gasteiger partial charge in [-0.05, 0) is 51.0 Å². The number of nitrogens with zero attached hydrogens (tertiary/aromatic N) is 2. The van der Waals surface area contributed by atoms with E-state index in [1.807, 2.05) is 6.07 Å². The Bertz CT molecular complexity index is 792. The SMILES string of the molecule is COc1ccc2[nH]c(CN3CCN(CC=C(C)C)[C@@H](CCO)C3)c(C)c2c1. The Kier molecular flexibility index (Phi) is 6.58. The average molecular weight is 372 g/mol. The number of fused-ring (bicyclic) bond motifs is 1. The lowest BCUT2D eigenvalue weighted by molar-refractivity contribution is 0.0630. The van der Waals surface area contributed by atoms with E-state index in [4.69, 9.17) is 4.74 Å². The molecule has 2 aromatic rings. The number of H-pyrrole nitrogens is 1. The van der Waals surface area contributed by atoms with Gasteiger partial charge in [-0.3, -0.25) is 9.80 Å². The van der Waals surface area contributed by atoms with Crippen LogP contribution in [0, 0.1) is 6.92 Å². The van der Waals surface area contributed by atoms with Crippen molar-refractivity contribution in [1.82, 2.24) is 14.8 Å². The Morgan fingerprint density at radius 3 is 2.85 bits per heavy atom. The molecule has 1 aliphatic rings. The van der Waals surface area contributed by atoms with Crippen LogP contribution in [0.5, 0.6) is 5.75 Å². The molecule has 0 radical (unpaired) electrons. The van der Waals surface area contributed by atoms with E-state index in [1.54, 1.807) is 7.11 Å². The number of aromatic nitrogens is 1. The maximum atomic E-state index is 9.50. The van der Waals surface area contributed by atoms with Crippen LogP contribution in [0.3, 0.4) is 0 Å². The number of piperazine rings is 1. The molecule has 3 rings (SSSR count). The Hall–Kier alpha value is -1.82. The number of allylic oxidation sites excluding steroid dienone is 1. The lowest BCUT2D eigenvalue weighted by Crippen LogP contribution is -2.53. The molecule has 5 nitrogen and oxygen atoms in total. The van der Waals surface area contributed by atoms with Gasteiger partial charge in [0.15, 0.2) is 0 Å². The molecule has 1 aromatic heterocycles. The van der Waals surface area contributed by atoms with Crippen LogP contribution in [0.4, 0.5) is 0 Å². The predicted molar refractivity (Wildman–Crippen MR) is 111 cm³/mol. The number of aliphatic hydroxyl groups is 1. The lowest BCUT2D eigenvalue weighted by atomic mass is 10.1. The number of hydrogen-bond acceptors (Lipinski definition) is 4. The Labute approximate surface area is 162 Å². The monoisotopic (exact) mass is 371 g/mol. The second kappa shape index (κ2) is 8.91. The van der Waals surface area contributed by atoms with Gasteiger partial charge in [0.05, 0.1) is 7.11 Å². The van der Waals surface area contributed by atoms with E-state index >= 15 is 0 Å². The maximum absolute atomic E-state index is 9.50. The van der Waals surface area contributed by atoms with Gasteiger partial charge in [-0.1, -0.05) is 11.6 Å². The molecule has 0 spiro atoms. The summed E-state index contributed by atoms with van der Waals surface area (Å²) in [7, 11) is 1.71. The molecule has 0 aliphatic carbocycles. The molecule has 5 heteroatoms. The molecular weight excluding hydrogens is 338 g/mol. The molecule has 1 saturated heterocycles. The number of nitrogens with one attached hydrogen (secondary N) is 1. The molecule has 1 fully saturated rings. The van der Waals surface area contributed by atoms with E-state index < -0.39 is 0 Å². The Morgan fingerprint density at radius 2 is 2.15 bits per heavy atom. The number of rotatable bonds is 7. The van der Waals surface area contributed by atoms with Crippen LogP contribution in [0.1, 0.15) is 31.5 Å². The smallest absolute Gasteiger partial charge is 0.119 e. The number of methoxy groups -OCH3 is 1. The summed E-state index contributed by atoms with van der Waals surface area (Å²) in [6, 6.07) is 6.61. The first kappa shape index (κ1) is 19.9. The maximum Gasteiger partial charge on any atom is 0.119 e. The Balaban J connectivity index is 1.71. The van der Waals surface area contributed by atoms with Gasteiger partial charge in [0, 0.05) is 62.0 Å². The fraction of sp³-hybridized carbons (Fsp3) is 0.545. The minimum absolute atomic E-state index is 0.245. The van der Waals surface area contributed by atoms with Gasteiger partial charge < -0.3 is 14.8 Å². The number of benzene rings is 1. The number of aryl methyl sites for hydroxylation is 1. The minimum atomic E-state index is 0.245. The highest BCUT2D eigenvalue weighted by atomic mass is 16.5. The molecule has 2 N–H and O–H groups in total. The predicted octanol–water partition coefficient (Wildman–Crippen LogP) is 3.32. The molecular formula is C22H33N3O2. The molecule has 148 valence electrons. The van der Waals surface area contributed by atoms with E-state index in [0.29, 0.717) is 6.04 Å². The minimum Gasteiger partial charge on any atom is -0.497 e. The van der Waals surface area contributed by atoms with Crippen LogP contribution in [-0.4, -0.2) is 65.8 Å².